The Bertz CT molecular complexity index is 924. The molecule has 0 bridgehead atoms. The topological polar surface area (TPSA) is 29.5 Å². The molecule has 31 heavy (non-hydrogen) atoms. The predicted octanol–water partition coefficient (Wildman–Crippen LogP) is 6.69. The molecule has 166 valence electrons. The van der Waals surface area contributed by atoms with Gasteiger partial charge in [-0.3, -0.25) is 4.79 Å². The third-order valence-corrected chi connectivity index (χ3v) is 6.20. The molecule has 2 aromatic carbocycles. The predicted molar refractivity (Wildman–Crippen MR) is 129 cm³/mol. The Morgan fingerprint density at radius 2 is 1.81 bits per heavy atom. The molecule has 0 amide bonds. The lowest BCUT2D eigenvalue weighted by atomic mass is 9.84. The van der Waals surface area contributed by atoms with E-state index in [0.29, 0.717) is 17.6 Å². The number of hydrogen-bond acceptors (Lipinski definition) is 3. The first kappa shape index (κ1) is 23.1. The number of nitrogens with zero attached hydrogens (tertiary/aromatic N) is 1. The molecule has 0 fully saturated rings. The molecular formula is C28H37NO2. The molecule has 0 aliphatic heterocycles. The quantitative estimate of drug-likeness (QED) is 0.370. The molecule has 3 nitrogen and oxygen atoms in total. The fourth-order valence-corrected chi connectivity index (χ4v) is 4.65. The highest BCUT2D eigenvalue weighted by Crippen LogP contribution is 2.37. The highest BCUT2D eigenvalue weighted by atomic mass is 16.5. The molecule has 0 radical (unpaired) electrons. The molecule has 0 spiro atoms. The molecular weight excluding hydrogens is 382 g/mol. The summed E-state index contributed by atoms with van der Waals surface area (Å²) in [5.74, 6) is 1.27. The number of benzene rings is 2. The number of ether oxygens (including phenoxy) is 1. The molecule has 3 heteroatoms. The van der Waals surface area contributed by atoms with Crippen molar-refractivity contribution >= 4 is 11.5 Å². The van der Waals surface area contributed by atoms with Gasteiger partial charge in [-0.1, -0.05) is 57.2 Å². The standard InChI is InChI=1S/C28H37NO2/c1-19(2)17-22-13-15-23(16-14-22)21(4)28(30)31-25-11-8-10-24(18-25)26-12-7-9-20(3)27(26)29(5)6/h8,10-11,13-16,18-21H,7,9,12,17H2,1-6H3. The van der Waals surface area contributed by atoms with Crippen molar-refractivity contribution in [3.8, 4) is 5.75 Å². The van der Waals surface area contributed by atoms with Crippen LogP contribution in [0.25, 0.3) is 5.57 Å². The van der Waals surface area contributed by atoms with E-state index in [1.54, 1.807) is 0 Å². The Morgan fingerprint density at radius 3 is 2.45 bits per heavy atom. The van der Waals surface area contributed by atoms with Gasteiger partial charge >= 0.3 is 5.97 Å². The van der Waals surface area contributed by atoms with Crippen molar-refractivity contribution in [1.29, 1.82) is 0 Å². The highest BCUT2D eigenvalue weighted by molar-refractivity contribution is 5.80. The van der Waals surface area contributed by atoms with Crippen LogP contribution < -0.4 is 4.74 Å². The van der Waals surface area contributed by atoms with Crippen molar-refractivity contribution in [2.45, 2.75) is 59.3 Å². The summed E-state index contributed by atoms with van der Waals surface area (Å²) in [5.41, 5.74) is 6.22. The first-order valence-corrected chi connectivity index (χ1v) is 11.6. The summed E-state index contributed by atoms with van der Waals surface area (Å²) in [4.78, 5) is 15.1. The Labute approximate surface area is 188 Å². The molecule has 2 atom stereocenters. The van der Waals surface area contributed by atoms with E-state index < -0.39 is 0 Å². The third kappa shape index (κ3) is 5.78. The van der Waals surface area contributed by atoms with Crippen LogP contribution in [0.3, 0.4) is 0 Å². The van der Waals surface area contributed by atoms with E-state index in [-0.39, 0.29) is 11.9 Å². The van der Waals surface area contributed by atoms with Crippen molar-refractivity contribution in [3.63, 3.8) is 0 Å². The minimum atomic E-state index is -0.303. The average molecular weight is 420 g/mol. The van der Waals surface area contributed by atoms with Gasteiger partial charge in [-0.25, -0.2) is 0 Å². The van der Waals surface area contributed by atoms with Crippen LogP contribution in [0.15, 0.2) is 54.2 Å². The minimum Gasteiger partial charge on any atom is -0.426 e. The van der Waals surface area contributed by atoms with Gasteiger partial charge in [0.15, 0.2) is 0 Å². The number of carbonyl (C=O) groups is 1. The molecule has 0 heterocycles. The average Bonchev–Trinajstić information content (AvgIpc) is 2.73. The zero-order chi connectivity index (χ0) is 22.5. The number of esters is 1. The van der Waals surface area contributed by atoms with Crippen LogP contribution in [0.5, 0.6) is 5.75 Å². The molecule has 0 aromatic heterocycles. The summed E-state index contributed by atoms with van der Waals surface area (Å²) in [5, 5.41) is 0. The lowest BCUT2D eigenvalue weighted by Crippen LogP contribution is -2.22. The lowest BCUT2D eigenvalue weighted by molar-refractivity contribution is -0.135. The monoisotopic (exact) mass is 419 g/mol. The van der Waals surface area contributed by atoms with Gasteiger partial charge in [0, 0.05) is 19.8 Å². The maximum absolute atomic E-state index is 12.8. The van der Waals surface area contributed by atoms with Crippen molar-refractivity contribution < 1.29 is 9.53 Å². The second kappa shape index (κ2) is 10.2. The van der Waals surface area contributed by atoms with Crippen LogP contribution in [0.2, 0.25) is 0 Å². The zero-order valence-corrected chi connectivity index (χ0v) is 19.9. The van der Waals surface area contributed by atoms with Crippen LogP contribution in [0.1, 0.15) is 69.6 Å². The van der Waals surface area contributed by atoms with Crippen molar-refractivity contribution in [1.82, 2.24) is 4.90 Å². The Balaban J connectivity index is 1.76. The van der Waals surface area contributed by atoms with Crippen LogP contribution in [-0.2, 0) is 11.2 Å². The zero-order valence-electron chi connectivity index (χ0n) is 19.9. The van der Waals surface area contributed by atoms with Crippen LogP contribution in [0, 0.1) is 11.8 Å². The van der Waals surface area contributed by atoms with Gasteiger partial charge < -0.3 is 9.64 Å². The van der Waals surface area contributed by atoms with Gasteiger partial charge in [0.2, 0.25) is 0 Å². The van der Waals surface area contributed by atoms with Gasteiger partial charge in [-0.15, -0.1) is 0 Å². The number of carbonyl (C=O) groups excluding carboxylic acids is 1. The van der Waals surface area contributed by atoms with Crippen LogP contribution in [-0.4, -0.2) is 25.0 Å². The molecule has 1 aliphatic rings. The van der Waals surface area contributed by atoms with E-state index in [1.807, 2.05) is 25.1 Å². The van der Waals surface area contributed by atoms with Crippen molar-refractivity contribution in [2.24, 2.45) is 11.8 Å². The number of rotatable bonds is 7. The van der Waals surface area contributed by atoms with E-state index in [2.05, 4.69) is 70.1 Å². The van der Waals surface area contributed by atoms with Gasteiger partial charge in [0.1, 0.15) is 5.75 Å². The Hall–Kier alpha value is -2.55. The SMILES string of the molecule is CC(C)Cc1ccc(C(C)C(=O)Oc2cccc(C3=C(N(C)C)C(C)CCC3)c2)cc1. The summed E-state index contributed by atoms with van der Waals surface area (Å²) in [6, 6.07) is 16.4. The summed E-state index contributed by atoms with van der Waals surface area (Å²) in [6.45, 7) is 8.65. The lowest BCUT2D eigenvalue weighted by Gasteiger charge is -2.31. The molecule has 1 aliphatic carbocycles. The van der Waals surface area contributed by atoms with Gasteiger partial charge in [0.05, 0.1) is 5.92 Å². The first-order chi connectivity index (χ1) is 14.8. The number of allylic oxidation sites excluding steroid dienone is 2. The maximum atomic E-state index is 12.8. The molecule has 3 rings (SSSR count). The second-order valence-corrected chi connectivity index (χ2v) is 9.56. The Morgan fingerprint density at radius 1 is 1.10 bits per heavy atom. The van der Waals surface area contributed by atoms with Crippen molar-refractivity contribution in [2.75, 3.05) is 14.1 Å². The first-order valence-electron chi connectivity index (χ1n) is 11.6. The van der Waals surface area contributed by atoms with Gasteiger partial charge in [-0.05, 0) is 78.8 Å². The van der Waals surface area contributed by atoms with E-state index in [1.165, 1.54) is 29.7 Å². The fraction of sp³-hybridized carbons (Fsp3) is 0.464. The second-order valence-electron chi connectivity index (χ2n) is 9.56. The minimum absolute atomic E-state index is 0.215. The molecule has 2 aromatic rings. The van der Waals surface area contributed by atoms with E-state index in [9.17, 15) is 4.79 Å². The summed E-state index contributed by atoms with van der Waals surface area (Å²) >= 11 is 0. The van der Waals surface area contributed by atoms with Crippen LogP contribution >= 0.6 is 0 Å². The van der Waals surface area contributed by atoms with Gasteiger partial charge in [0.25, 0.3) is 0 Å². The summed E-state index contributed by atoms with van der Waals surface area (Å²) in [7, 11) is 4.24. The van der Waals surface area contributed by atoms with Gasteiger partial charge in [-0.2, -0.15) is 0 Å². The fourth-order valence-electron chi connectivity index (χ4n) is 4.65. The van der Waals surface area contributed by atoms with E-state index in [0.717, 1.165) is 24.0 Å². The molecule has 0 saturated carbocycles. The van der Waals surface area contributed by atoms with E-state index >= 15 is 0 Å². The third-order valence-electron chi connectivity index (χ3n) is 6.20. The molecule has 0 saturated heterocycles. The normalized spacial score (nSPS) is 17.6. The molecule has 2 unspecified atom stereocenters. The maximum Gasteiger partial charge on any atom is 0.318 e. The summed E-state index contributed by atoms with van der Waals surface area (Å²) < 4.78 is 5.80. The highest BCUT2D eigenvalue weighted by Gasteiger charge is 2.23. The summed E-state index contributed by atoms with van der Waals surface area (Å²) in [6.07, 6.45) is 4.53. The van der Waals surface area contributed by atoms with E-state index in [4.69, 9.17) is 4.74 Å². The van der Waals surface area contributed by atoms with Crippen molar-refractivity contribution in [3.05, 3.63) is 70.9 Å². The smallest absolute Gasteiger partial charge is 0.318 e. The largest absolute Gasteiger partial charge is 0.426 e. The molecule has 0 N–H and O–H groups in total. The Kier molecular flexibility index (Phi) is 7.59. The van der Waals surface area contributed by atoms with Crippen LogP contribution in [0.4, 0.5) is 0 Å². The number of hydrogen-bond donors (Lipinski definition) is 0.